The summed E-state index contributed by atoms with van der Waals surface area (Å²) >= 11 is 0. The Morgan fingerprint density at radius 3 is 2.44 bits per heavy atom. The van der Waals surface area contributed by atoms with E-state index in [-0.39, 0.29) is 5.56 Å². The van der Waals surface area contributed by atoms with Crippen molar-refractivity contribution in [2.24, 2.45) is 0 Å². The molecule has 0 amide bonds. The first-order valence-corrected chi connectivity index (χ1v) is 9.40. The number of aromatic nitrogens is 1. The van der Waals surface area contributed by atoms with Crippen LogP contribution in [-0.2, 0) is 19.6 Å². The molecule has 2 aromatic carbocycles. The van der Waals surface area contributed by atoms with Crippen molar-refractivity contribution in [2.75, 3.05) is 6.61 Å². The van der Waals surface area contributed by atoms with Gasteiger partial charge < -0.3 is 14.6 Å². The number of rotatable bonds is 9. The van der Waals surface area contributed by atoms with Crippen LogP contribution < -0.4 is 15.6 Å². The molecule has 0 fully saturated rings. The molecule has 0 aliphatic rings. The van der Waals surface area contributed by atoms with Gasteiger partial charge in [-0.2, -0.15) is 0 Å². The van der Waals surface area contributed by atoms with E-state index in [2.05, 4.69) is 48.6 Å². The maximum absolute atomic E-state index is 11.8. The molecule has 4 heteroatoms. The van der Waals surface area contributed by atoms with E-state index >= 15 is 0 Å². The number of pyridine rings is 1. The number of hydrogen-bond donors (Lipinski definition) is 1. The highest BCUT2D eigenvalue weighted by atomic mass is 16.5. The highest BCUT2D eigenvalue weighted by Crippen LogP contribution is 2.14. The summed E-state index contributed by atoms with van der Waals surface area (Å²) < 4.78 is 7.39. The predicted molar refractivity (Wildman–Crippen MR) is 109 cm³/mol. The van der Waals surface area contributed by atoms with Crippen molar-refractivity contribution in [1.29, 1.82) is 0 Å². The summed E-state index contributed by atoms with van der Waals surface area (Å²) in [6.07, 6.45) is 2.83. The summed E-state index contributed by atoms with van der Waals surface area (Å²) in [4.78, 5) is 11.8. The molecule has 3 rings (SSSR count). The van der Waals surface area contributed by atoms with Crippen LogP contribution in [0.2, 0.25) is 0 Å². The van der Waals surface area contributed by atoms with Gasteiger partial charge >= 0.3 is 0 Å². The Balaban J connectivity index is 1.50. The largest absolute Gasteiger partial charge is 0.494 e. The van der Waals surface area contributed by atoms with Crippen molar-refractivity contribution in [1.82, 2.24) is 9.88 Å². The Morgan fingerprint density at radius 1 is 0.889 bits per heavy atom. The second-order valence-electron chi connectivity index (χ2n) is 6.58. The summed E-state index contributed by atoms with van der Waals surface area (Å²) in [6.45, 7) is 5.04. The summed E-state index contributed by atoms with van der Waals surface area (Å²) in [6, 6.07) is 21.8. The molecule has 0 bridgehead atoms. The van der Waals surface area contributed by atoms with E-state index in [9.17, 15) is 4.79 Å². The third-order valence-corrected chi connectivity index (χ3v) is 4.30. The minimum absolute atomic E-state index is 0.0217. The molecule has 3 aromatic rings. The van der Waals surface area contributed by atoms with E-state index in [0.717, 1.165) is 37.4 Å². The first kappa shape index (κ1) is 18.9. The Morgan fingerprint density at radius 2 is 1.67 bits per heavy atom. The minimum Gasteiger partial charge on any atom is -0.494 e. The average molecular weight is 362 g/mol. The normalized spacial score (nSPS) is 10.7. The summed E-state index contributed by atoms with van der Waals surface area (Å²) in [5, 5.41) is 3.47. The van der Waals surface area contributed by atoms with Crippen LogP contribution in [0.4, 0.5) is 0 Å². The number of ether oxygens (including phenoxy) is 1. The molecule has 1 aromatic heterocycles. The van der Waals surface area contributed by atoms with Crippen LogP contribution in [0.3, 0.4) is 0 Å². The monoisotopic (exact) mass is 362 g/mol. The second kappa shape index (κ2) is 9.74. The van der Waals surface area contributed by atoms with E-state index in [1.165, 1.54) is 11.1 Å². The van der Waals surface area contributed by atoms with Gasteiger partial charge in [0.2, 0.25) is 0 Å². The fourth-order valence-electron chi connectivity index (χ4n) is 2.87. The molecular formula is C23H26N2O2. The highest BCUT2D eigenvalue weighted by molar-refractivity contribution is 5.28. The summed E-state index contributed by atoms with van der Waals surface area (Å²) in [5.74, 6) is 0.927. The third-order valence-electron chi connectivity index (χ3n) is 4.30. The summed E-state index contributed by atoms with van der Waals surface area (Å²) in [5.41, 5.74) is 3.57. The zero-order chi connectivity index (χ0) is 18.9. The van der Waals surface area contributed by atoms with E-state index in [4.69, 9.17) is 4.74 Å². The standard InChI is InChI=1S/C23H26N2O2/c1-2-14-27-22-7-5-6-21(15-22)17-24-16-19-9-11-20(12-10-19)18-25-13-4-3-8-23(25)26/h3-13,15,24H,2,14,16-18H2,1H3. The van der Waals surface area contributed by atoms with Crippen molar-refractivity contribution in [3.63, 3.8) is 0 Å². The number of nitrogens with one attached hydrogen (secondary N) is 1. The molecular weight excluding hydrogens is 336 g/mol. The predicted octanol–water partition coefficient (Wildman–Crippen LogP) is 3.98. The molecule has 0 spiro atoms. The van der Waals surface area contributed by atoms with Crippen molar-refractivity contribution < 1.29 is 4.74 Å². The molecule has 0 aliphatic carbocycles. The van der Waals surface area contributed by atoms with Gasteiger partial charge in [-0.1, -0.05) is 49.4 Å². The zero-order valence-corrected chi connectivity index (χ0v) is 15.7. The lowest BCUT2D eigenvalue weighted by molar-refractivity contribution is 0.317. The van der Waals surface area contributed by atoms with Crippen LogP contribution in [0.25, 0.3) is 0 Å². The SMILES string of the molecule is CCCOc1cccc(CNCc2ccc(Cn3ccccc3=O)cc2)c1. The molecule has 27 heavy (non-hydrogen) atoms. The molecule has 0 radical (unpaired) electrons. The van der Waals surface area contributed by atoms with Gasteiger partial charge in [0, 0.05) is 25.4 Å². The van der Waals surface area contributed by atoms with Gasteiger partial charge in [-0.15, -0.1) is 0 Å². The number of hydrogen-bond acceptors (Lipinski definition) is 3. The molecule has 1 N–H and O–H groups in total. The lowest BCUT2D eigenvalue weighted by atomic mass is 10.1. The van der Waals surface area contributed by atoms with Crippen LogP contribution in [0.5, 0.6) is 5.75 Å². The molecule has 0 unspecified atom stereocenters. The zero-order valence-electron chi connectivity index (χ0n) is 15.7. The van der Waals surface area contributed by atoms with Crippen LogP contribution >= 0.6 is 0 Å². The van der Waals surface area contributed by atoms with Gasteiger partial charge in [0.25, 0.3) is 5.56 Å². The third kappa shape index (κ3) is 5.83. The average Bonchev–Trinajstić information content (AvgIpc) is 2.70. The lowest BCUT2D eigenvalue weighted by Gasteiger charge is -2.09. The van der Waals surface area contributed by atoms with Crippen LogP contribution in [0.15, 0.2) is 77.7 Å². The van der Waals surface area contributed by atoms with Gasteiger partial charge in [0.05, 0.1) is 13.2 Å². The van der Waals surface area contributed by atoms with Crippen molar-refractivity contribution >= 4 is 0 Å². The van der Waals surface area contributed by atoms with Crippen LogP contribution in [-0.4, -0.2) is 11.2 Å². The Hall–Kier alpha value is -2.85. The molecule has 1 heterocycles. The van der Waals surface area contributed by atoms with Gasteiger partial charge in [-0.3, -0.25) is 4.79 Å². The second-order valence-corrected chi connectivity index (χ2v) is 6.58. The van der Waals surface area contributed by atoms with Crippen molar-refractivity contribution in [3.8, 4) is 5.75 Å². The fourth-order valence-corrected chi connectivity index (χ4v) is 2.87. The fraction of sp³-hybridized carbons (Fsp3) is 0.261. The topological polar surface area (TPSA) is 43.3 Å². The molecule has 4 nitrogen and oxygen atoms in total. The lowest BCUT2D eigenvalue weighted by Crippen LogP contribution is -2.18. The molecule has 0 saturated heterocycles. The van der Waals surface area contributed by atoms with Crippen molar-refractivity contribution in [2.45, 2.75) is 33.0 Å². The summed E-state index contributed by atoms with van der Waals surface area (Å²) in [7, 11) is 0. The van der Waals surface area contributed by atoms with E-state index in [1.54, 1.807) is 16.7 Å². The first-order valence-electron chi connectivity index (χ1n) is 9.40. The molecule has 0 atom stereocenters. The first-order chi connectivity index (χ1) is 13.2. The van der Waals surface area contributed by atoms with E-state index in [0.29, 0.717) is 6.54 Å². The van der Waals surface area contributed by atoms with Gasteiger partial charge in [-0.05, 0) is 41.3 Å². The Bertz CT molecular complexity index is 901. The number of nitrogens with zero attached hydrogens (tertiary/aromatic N) is 1. The van der Waals surface area contributed by atoms with E-state index < -0.39 is 0 Å². The smallest absolute Gasteiger partial charge is 0.250 e. The van der Waals surface area contributed by atoms with Gasteiger partial charge in [0.1, 0.15) is 5.75 Å². The Kier molecular flexibility index (Phi) is 6.83. The van der Waals surface area contributed by atoms with Crippen molar-refractivity contribution in [3.05, 3.63) is 100.0 Å². The molecule has 0 aliphatic heterocycles. The van der Waals surface area contributed by atoms with Gasteiger partial charge in [0.15, 0.2) is 0 Å². The van der Waals surface area contributed by atoms with Crippen LogP contribution in [0.1, 0.15) is 30.0 Å². The van der Waals surface area contributed by atoms with Gasteiger partial charge in [-0.25, -0.2) is 0 Å². The van der Waals surface area contributed by atoms with E-state index in [1.807, 2.05) is 24.4 Å². The molecule has 140 valence electrons. The highest BCUT2D eigenvalue weighted by Gasteiger charge is 2.00. The maximum Gasteiger partial charge on any atom is 0.250 e. The quantitative estimate of drug-likeness (QED) is 0.626. The Labute approximate surface area is 160 Å². The maximum atomic E-state index is 11.8. The minimum atomic E-state index is 0.0217. The molecule has 0 saturated carbocycles. The number of benzene rings is 2. The van der Waals surface area contributed by atoms with Crippen LogP contribution in [0, 0.1) is 0 Å².